The molecule has 3 rings (SSSR count). The maximum Gasteiger partial charge on any atom is 0.244 e. The lowest BCUT2D eigenvalue weighted by molar-refractivity contribution is -0.116. The number of benzene rings is 2. The van der Waals surface area contributed by atoms with Gasteiger partial charge in [0.05, 0.1) is 0 Å². The number of rotatable bonds is 5. The number of nitrogens with one attached hydrogen (secondary N) is 1. The van der Waals surface area contributed by atoms with Crippen molar-refractivity contribution in [1.29, 1.82) is 0 Å². The first-order chi connectivity index (χ1) is 11.3. The summed E-state index contributed by atoms with van der Waals surface area (Å²) >= 11 is 0. The van der Waals surface area contributed by atoms with Gasteiger partial charge in [0.2, 0.25) is 5.91 Å². The Hall–Kier alpha value is -2.55. The number of carbonyl (C=O) groups excluding carboxylic acids is 1. The maximum absolute atomic E-state index is 11.9. The zero-order chi connectivity index (χ0) is 15.9. The molecule has 0 unspecified atom stereocenters. The standard InChI is InChI=1S/C20H22N2O/c23-20(13-10-17-6-2-1-3-7-17)21-16-18-8-11-19(12-9-18)22-14-4-5-15-22/h1-3,6-13H,4-5,14-16H2,(H,21,23)/b13-10+. The van der Waals surface area contributed by atoms with E-state index in [0.29, 0.717) is 6.54 Å². The van der Waals surface area contributed by atoms with Crippen LogP contribution < -0.4 is 10.2 Å². The van der Waals surface area contributed by atoms with E-state index in [1.807, 2.05) is 36.4 Å². The van der Waals surface area contributed by atoms with Gasteiger partial charge < -0.3 is 10.2 Å². The molecule has 1 aliphatic rings. The van der Waals surface area contributed by atoms with E-state index in [9.17, 15) is 4.79 Å². The van der Waals surface area contributed by atoms with E-state index >= 15 is 0 Å². The predicted molar refractivity (Wildman–Crippen MR) is 95.2 cm³/mol. The molecule has 3 heteroatoms. The lowest BCUT2D eigenvalue weighted by Gasteiger charge is -2.17. The minimum atomic E-state index is -0.0718. The summed E-state index contributed by atoms with van der Waals surface area (Å²) in [5, 5.41) is 2.92. The third-order valence-electron chi connectivity index (χ3n) is 4.10. The second kappa shape index (κ2) is 7.63. The summed E-state index contributed by atoms with van der Waals surface area (Å²) in [7, 11) is 0. The predicted octanol–water partition coefficient (Wildman–Crippen LogP) is 3.62. The van der Waals surface area contributed by atoms with Crippen LogP contribution in [-0.4, -0.2) is 19.0 Å². The van der Waals surface area contributed by atoms with Gasteiger partial charge >= 0.3 is 0 Å². The van der Waals surface area contributed by atoms with Crippen molar-refractivity contribution in [3.8, 4) is 0 Å². The topological polar surface area (TPSA) is 32.3 Å². The highest BCUT2D eigenvalue weighted by atomic mass is 16.1. The first-order valence-electron chi connectivity index (χ1n) is 8.16. The van der Waals surface area contributed by atoms with E-state index in [1.165, 1.54) is 18.5 Å². The first kappa shape index (κ1) is 15.3. The van der Waals surface area contributed by atoms with Crippen LogP contribution in [0.15, 0.2) is 60.7 Å². The average molecular weight is 306 g/mol. The normalized spacial score (nSPS) is 14.3. The molecule has 1 N–H and O–H groups in total. The molecule has 0 radical (unpaired) electrons. The van der Waals surface area contributed by atoms with Gasteiger partial charge in [-0.05, 0) is 42.2 Å². The zero-order valence-electron chi connectivity index (χ0n) is 13.2. The van der Waals surface area contributed by atoms with E-state index in [4.69, 9.17) is 0 Å². The van der Waals surface area contributed by atoms with Crippen molar-refractivity contribution in [2.75, 3.05) is 18.0 Å². The second-order valence-corrected chi connectivity index (χ2v) is 5.82. The van der Waals surface area contributed by atoms with Crippen molar-refractivity contribution in [2.24, 2.45) is 0 Å². The third kappa shape index (κ3) is 4.46. The molecule has 0 bridgehead atoms. The molecule has 2 aromatic carbocycles. The SMILES string of the molecule is O=C(/C=C/c1ccccc1)NCc1ccc(N2CCCC2)cc1. The molecule has 3 nitrogen and oxygen atoms in total. The number of carbonyl (C=O) groups is 1. The van der Waals surface area contributed by atoms with Crippen molar-refractivity contribution in [3.63, 3.8) is 0 Å². The highest BCUT2D eigenvalue weighted by molar-refractivity contribution is 5.91. The summed E-state index contributed by atoms with van der Waals surface area (Å²) in [6.45, 7) is 2.86. The largest absolute Gasteiger partial charge is 0.372 e. The molecule has 1 fully saturated rings. The summed E-state index contributed by atoms with van der Waals surface area (Å²) in [5.74, 6) is -0.0718. The number of amides is 1. The van der Waals surface area contributed by atoms with E-state index in [2.05, 4.69) is 34.5 Å². The summed E-state index contributed by atoms with van der Waals surface area (Å²) in [5.41, 5.74) is 3.42. The summed E-state index contributed by atoms with van der Waals surface area (Å²) in [6.07, 6.45) is 5.97. The van der Waals surface area contributed by atoms with Gasteiger partial charge in [-0.15, -0.1) is 0 Å². The first-order valence-corrected chi connectivity index (χ1v) is 8.16. The van der Waals surface area contributed by atoms with Crippen LogP contribution in [0, 0.1) is 0 Å². The lowest BCUT2D eigenvalue weighted by atomic mass is 10.2. The highest BCUT2D eigenvalue weighted by Crippen LogP contribution is 2.20. The Kier molecular flexibility index (Phi) is 5.09. The van der Waals surface area contributed by atoms with Gasteiger partial charge in [0.15, 0.2) is 0 Å². The smallest absolute Gasteiger partial charge is 0.244 e. The molecule has 118 valence electrons. The van der Waals surface area contributed by atoms with Crippen LogP contribution in [0.25, 0.3) is 6.08 Å². The minimum absolute atomic E-state index is 0.0718. The van der Waals surface area contributed by atoms with E-state index in [1.54, 1.807) is 6.08 Å². The molecular weight excluding hydrogens is 284 g/mol. The number of hydrogen-bond donors (Lipinski definition) is 1. The van der Waals surface area contributed by atoms with Gasteiger partial charge in [0.1, 0.15) is 0 Å². The van der Waals surface area contributed by atoms with Crippen molar-refractivity contribution in [1.82, 2.24) is 5.32 Å². The molecule has 0 aliphatic carbocycles. The Bertz CT molecular complexity index is 656. The minimum Gasteiger partial charge on any atom is -0.372 e. The van der Waals surface area contributed by atoms with Crippen LogP contribution in [0.2, 0.25) is 0 Å². The number of nitrogens with zero attached hydrogens (tertiary/aromatic N) is 1. The zero-order valence-corrected chi connectivity index (χ0v) is 13.2. The third-order valence-corrected chi connectivity index (χ3v) is 4.10. The van der Waals surface area contributed by atoms with Crippen molar-refractivity contribution in [2.45, 2.75) is 19.4 Å². The fourth-order valence-corrected chi connectivity index (χ4v) is 2.78. The molecule has 23 heavy (non-hydrogen) atoms. The Morgan fingerprint density at radius 2 is 1.70 bits per heavy atom. The van der Waals surface area contributed by atoms with E-state index in [-0.39, 0.29) is 5.91 Å². The van der Waals surface area contributed by atoms with E-state index < -0.39 is 0 Å². The molecular formula is C20H22N2O. The van der Waals surface area contributed by atoms with Gasteiger partial charge in [0, 0.05) is 31.4 Å². The molecule has 2 aromatic rings. The van der Waals surface area contributed by atoms with Crippen molar-refractivity contribution >= 4 is 17.7 Å². The van der Waals surface area contributed by atoms with Gasteiger partial charge in [0.25, 0.3) is 0 Å². The quantitative estimate of drug-likeness (QED) is 0.856. The number of anilines is 1. The summed E-state index contributed by atoms with van der Waals surface area (Å²) in [4.78, 5) is 14.3. The molecule has 1 heterocycles. The van der Waals surface area contributed by atoms with Crippen LogP contribution in [0.3, 0.4) is 0 Å². The number of hydrogen-bond acceptors (Lipinski definition) is 2. The monoisotopic (exact) mass is 306 g/mol. The van der Waals surface area contributed by atoms with Gasteiger partial charge in [-0.3, -0.25) is 4.79 Å². The van der Waals surface area contributed by atoms with Crippen LogP contribution in [0.4, 0.5) is 5.69 Å². The van der Waals surface area contributed by atoms with Gasteiger partial charge in [-0.1, -0.05) is 42.5 Å². The molecule has 0 aromatic heterocycles. The summed E-state index contributed by atoms with van der Waals surface area (Å²) in [6, 6.07) is 18.3. The molecule has 1 amide bonds. The van der Waals surface area contributed by atoms with Crippen molar-refractivity contribution in [3.05, 3.63) is 71.8 Å². The fourth-order valence-electron chi connectivity index (χ4n) is 2.78. The Morgan fingerprint density at radius 1 is 1.00 bits per heavy atom. The average Bonchev–Trinajstić information content (AvgIpc) is 3.14. The van der Waals surface area contributed by atoms with Crippen LogP contribution in [0.1, 0.15) is 24.0 Å². The lowest BCUT2D eigenvalue weighted by Crippen LogP contribution is -2.20. The molecule has 1 saturated heterocycles. The molecule has 0 atom stereocenters. The van der Waals surface area contributed by atoms with Gasteiger partial charge in [-0.2, -0.15) is 0 Å². The van der Waals surface area contributed by atoms with Crippen LogP contribution in [0.5, 0.6) is 0 Å². The van der Waals surface area contributed by atoms with Crippen molar-refractivity contribution < 1.29 is 4.79 Å². The van der Waals surface area contributed by atoms with Gasteiger partial charge in [-0.25, -0.2) is 0 Å². The Morgan fingerprint density at radius 3 is 2.39 bits per heavy atom. The van der Waals surface area contributed by atoms with Crippen LogP contribution >= 0.6 is 0 Å². The molecule has 0 saturated carbocycles. The molecule has 0 spiro atoms. The highest BCUT2D eigenvalue weighted by Gasteiger charge is 2.11. The second-order valence-electron chi connectivity index (χ2n) is 5.82. The van der Waals surface area contributed by atoms with E-state index in [0.717, 1.165) is 24.2 Å². The maximum atomic E-state index is 11.9. The molecule has 1 aliphatic heterocycles. The Labute approximate surface area is 137 Å². The Balaban J connectivity index is 1.49. The fraction of sp³-hybridized carbons (Fsp3) is 0.250. The van der Waals surface area contributed by atoms with Crippen LogP contribution in [-0.2, 0) is 11.3 Å². The summed E-state index contributed by atoms with van der Waals surface area (Å²) < 4.78 is 0.